The maximum absolute atomic E-state index is 11.8. The predicted molar refractivity (Wildman–Crippen MR) is 82.8 cm³/mol. The number of carbonyl (C=O) groups excluding carboxylic acids is 3. The zero-order valence-electron chi connectivity index (χ0n) is 11.7. The van der Waals surface area contributed by atoms with Crippen LogP contribution in [0.3, 0.4) is 0 Å². The zero-order chi connectivity index (χ0) is 15.7. The highest BCUT2D eigenvalue weighted by atomic mass is 79.9. The highest BCUT2D eigenvalue weighted by Crippen LogP contribution is 2.10. The molecule has 7 heteroatoms. The molecule has 0 aromatic heterocycles. The zero-order valence-corrected chi connectivity index (χ0v) is 13.3. The Bertz CT molecular complexity index is 503. The second-order valence-electron chi connectivity index (χ2n) is 4.32. The summed E-state index contributed by atoms with van der Waals surface area (Å²) in [6.45, 7) is 2.26. The SMILES string of the molecule is CCCNC(=O)CNC(=O)CNC(=O)c1ccc(Br)cc1. The maximum Gasteiger partial charge on any atom is 0.251 e. The quantitative estimate of drug-likeness (QED) is 0.676. The minimum atomic E-state index is -0.410. The molecule has 0 aliphatic heterocycles. The number of benzene rings is 1. The smallest absolute Gasteiger partial charge is 0.251 e. The fourth-order valence-corrected chi connectivity index (χ4v) is 1.70. The first-order valence-electron chi connectivity index (χ1n) is 6.60. The first-order chi connectivity index (χ1) is 10.0. The van der Waals surface area contributed by atoms with Gasteiger partial charge in [-0.25, -0.2) is 0 Å². The monoisotopic (exact) mass is 355 g/mol. The number of carbonyl (C=O) groups is 3. The first-order valence-corrected chi connectivity index (χ1v) is 7.39. The van der Waals surface area contributed by atoms with Crippen molar-refractivity contribution in [2.24, 2.45) is 0 Å². The average molecular weight is 356 g/mol. The van der Waals surface area contributed by atoms with E-state index in [1.807, 2.05) is 6.92 Å². The van der Waals surface area contributed by atoms with Gasteiger partial charge < -0.3 is 16.0 Å². The van der Waals surface area contributed by atoms with E-state index in [2.05, 4.69) is 31.9 Å². The summed E-state index contributed by atoms with van der Waals surface area (Å²) in [4.78, 5) is 34.5. The summed E-state index contributed by atoms with van der Waals surface area (Å²) in [5.41, 5.74) is 0.465. The number of hydrogen-bond acceptors (Lipinski definition) is 3. The van der Waals surface area contributed by atoms with Crippen LogP contribution in [0.4, 0.5) is 0 Å². The van der Waals surface area contributed by atoms with Gasteiger partial charge in [0, 0.05) is 16.6 Å². The van der Waals surface area contributed by atoms with Crippen LogP contribution in [0.25, 0.3) is 0 Å². The Kier molecular flexibility index (Phi) is 7.45. The van der Waals surface area contributed by atoms with Crippen LogP contribution in [0, 0.1) is 0 Å². The number of amides is 3. The molecule has 0 aliphatic carbocycles. The third-order valence-corrected chi connectivity index (χ3v) is 3.06. The molecule has 1 aromatic carbocycles. The van der Waals surface area contributed by atoms with Crippen molar-refractivity contribution >= 4 is 33.7 Å². The summed E-state index contributed by atoms with van der Waals surface area (Å²) in [5.74, 6) is -0.996. The van der Waals surface area contributed by atoms with Gasteiger partial charge in [-0.15, -0.1) is 0 Å². The van der Waals surface area contributed by atoms with E-state index in [1.54, 1.807) is 24.3 Å². The number of hydrogen-bond donors (Lipinski definition) is 3. The summed E-state index contributed by atoms with van der Waals surface area (Å²) in [6.07, 6.45) is 0.836. The van der Waals surface area contributed by atoms with Crippen molar-refractivity contribution in [3.63, 3.8) is 0 Å². The van der Waals surface area contributed by atoms with E-state index in [4.69, 9.17) is 0 Å². The summed E-state index contributed by atoms with van der Waals surface area (Å²) in [6, 6.07) is 6.78. The highest BCUT2D eigenvalue weighted by molar-refractivity contribution is 9.10. The van der Waals surface area contributed by atoms with Gasteiger partial charge in [0.25, 0.3) is 5.91 Å². The number of halogens is 1. The van der Waals surface area contributed by atoms with E-state index >= 15 is 0 Å². The number of nitrogens with one attached hydrogen (secondary N) is 3. The van der Waals surface area contributed by atoms with Crippen molar-refractivity contribution < 1.29 is 14.4 Å². The minimum Gasteiger partial charge on any atom is -0.355 e. The van der Waals surface area contributed by atoms with E-state index in [0.717, 1.165) is 10.9 Å². The Morgan fingerprint density at radius 1 is 0.952 bits per heavy atom. The van der Waals surface area contributed by atoms with Crippen LogP contribution in [-0.4, -0.2) is 37.4 Å². The Morgan fingerprint density at radius 3 is 2.14 bits per heavy atom. The molecule has 0 bridgehead atoms. The van der Waals surface area contributed by atoms with Gasteiger partial charge in [-0.2, -0.15) is 0 Å². The van der Waals surface area contributed by atoms with Crippen molar-refractivity contribution in [2.75, 3.05) is 19.6 Å². The van der Waals surface area contributed by atoms with Crippen LogP contribution in [-0.2, 0) is 9.59 Å². The molecule has 0 aliphatic rings. The molecule has 0 heterocycles. The van der Waals surface area contributed by atoms with Crippen LogP contribution < -0.4 is 16.0 Å². The van der Waals surface area contributed by atoms with Crippen molar-refractivity contribution in [1.82, 2.24) is 16.0 Å². The molecule has 3 N–H and O–H groups in total. The van der Waals surface area contributed by atoms with Crippen LogP contribution >= 0.6 is 15.9 Å². The summed E-state index contributed by atoms with van der Waals surface area (Å²) >= 11 is 3.27. The average Bonchev–Trinajstić information content (AvgIpc) is 2.49. The van der Waals surface area contributed by atoms with Gasteiger partial charge >= 0.3 is 0 Å². The van der Waals surface area contributed by atoms with Gasteiger partial charge in [-0.3, -0.25) is 14.4 Å². The fraction of sp³-hybridized carbons (Fsp3) is 0.357. The molecule has 21 heavy (non-hydrogen) atoms. The molecule has 0 saturated carbocycles. The first kappa shape index (κ1) is 17.2. The van der Waals surface area contributed by atoms with Gasteiger partial charge in [0.05, 0.1) is 13.1 Å². The number of rotatable bonds is 7. The lowest BCUT2D eigenvalue weighted by atomic mass is 10.2. The fourth-order valence-electron chi connectivity index (χ4n) is 1.43. The summed E-state index contributed by atoms with van der Waals surface area (Å²) in [5, 5.41) is 7.56. The van der Waals surface area contributed by atoms with Gasteiger partial charge in [-0.1, -0.05) is 22.9 Å². The van der Waals surface area contributed by atoms with Gasteiger partial charge in [0.2, 0.25) is 11.8 Å². The van der Waals surface area contributed by atoms with Crippen LogP contribution in [0.2, 0.25) is 0 Å². The van der Waals surface area contributed by atoms with Crippen molar-refractivity contribution in [2.45, 2.75) is 13.3 Å². The van der Waals surface area contributed by atoms with Crippen molar-refractivity contribution in [1.29, 1.82) is 0 Å². The standard InChI is InChI=1S/C14H18BrN3O3/c1-2-7-16-12(19)8-17-13(20)9-18-14(21)10-3-5-11(15)6-4-10/h3-6H,2,7-9H2,1H3,(H,16,19)(H,17,20)(H,18,21). The molecule has 1 aromatic rings. The molecule has 0 fully saturated rings. The Balaban J connectivity index is 2.28. The normalized spacial score (nSPS) is 9.81. The molecule has 0 saturated heterocycles. The lowest BCUT2D eigenvalue weighted by molar-refractivity contribution is -0.125. The predicted octanol–water partition coefficient (Wildman–Crippen LogP) is 0.821. The van der Waals surface area contributed by atoms with Crippen molar-refractivity contribution in [3.8, 4) is 0 Å². The van der Waals surface area contributed by atoms with Gasteiger partial charge in [0.15, 0.2) is 0 Å². The Morgan fingerprint density at radius 2 is 1.52 bits per heavy atom. The van der Waals surface area contributed by atoms with Gasteiger partial charge in [0.1, 0.15) is 0 Å². The van der Waals surface area contributed by atoms with Crippen molar-refractivity contribution in [3.05, 3.63) is 34.3 Å². The van der Waals surface area contributed by atoms with E-state index in [0.29, 0.717) is 12.1 Å². The second kappa shape index (κ2) is 9.12. The van der Waals surface area contributed by atoms with Crippen LogP contribution in [0.5, 0.6) is 0 Å². The maximum atomic E-state index is 11.8. The second-order valence-corrected chi connectivity index (χ2v) is 5.23. The molecule has 6 nitrogen and oxygen atoms in total. The van der Waals surface area contributed by atoms with Gasteiger partial charge in [-0.05, 0) is 30.7 Å². The molecule has 114 valence electrons. The lowest BCUT2D eigenvalue weighted by Gasteiger charge is -2.07. The topological polar surface area (TPSA) is 87.3 Å². The summed E-state index contributed by atoms with van der Waals surface area (Å²) < 4.78 is 0.870. The minimum absolute atomic E-state index is 0.0903. The molecule has 3 amide bonds. The molecular weight excluding hydrogens is 338 g/mol. The molecule has 1 rings (SSSR count). The summed E-state index contributed by atoms with van der Waals surface area (Å²) in [7, 11) is 0. The lowest BCUT2D eigenvalue weighted by Crippen LogP contribution is -2.42. The van der Waals surface area contributed by atoms with E-state index in [1.165, 1.54) is 0 Å². The molecular formula is C14H18BrN3O3. The largest absolute Gasteiger partial charge is 0.355 e. The van der Waals surface area contributed by atoms with E-state index in [9.17, 15) is 14.4 Å². The third-order valence-electron chi connectivity index (χ3n) is 2.53. The van der Waals surface area contributed by atoms with E-state index < -0.39 is 5.91 Å². The molecule has 0 atom stereocenters. The molecule has 0 unspecified atom stereocenters. The third kappa shape index (κ3) is 6.89. The highest BCUT2D eigenvalue weighted by Gasteiger charge is 2.08. The molecule has 0 spiro atoms. The Hall–Kier alpha value is -1.89. The van der Waals surface area contributed by atoms with Crippen LogP contribution in [0.1, 0.15) is 23.7 Å². The van der Waals surface area contributed by atoms with E-state index in [-0.39, 0.29) is 24.9 Å². The Labute approximate surface area is 131 Å². The van der Waals surface area contributed by atoms with Crippen LogP contribution in [0.15, 0.2) is 28.7 Å². The molecule has 0 radical (unpaired) electrons.